The van der Waals surface area contributed by atoms with E-state index in [-0.39, 0.29) is 25.5 Å². The maximum Gasteiger partial charge on any atom is 0.224 e. The van der Waals surface area contributed by atoms with E-state index in [1.54, 1.807) is 0 Å². The average Bonchev–Trinajstić information content (AvgIpc) is 2.56. The fraction of sp³-hybridized carbons (Fsp3) is 0.500. The molecule has 0 spiro atoms. The fourth-order valence-corrected chi connectivity index (χ4v) is 2.78. The van der Waals surface area contributed by atoms with Gasteiger partial charge in [0.05, 0.1) is 24.6 Å². The zero-order chi connectivity index (χ0) is 18.4. The third kappa shape index (κ3) is 5.51. The first kappa shape index (κ1) is 19.3. The van der Waals surface area contributed by atoms with Crippen LogP contribution in [0.2, 0.25) is 0 Å². The van der Waals surface area contributed by atoms with Crippen LogP contribution in [0.1, 0.15) is 30.7 Å². The lowest BCUT2D eigenvalue weighted by Gasteiger charge is -2.15. The number of rotatable bonds is 8. The van der Waals surface area contributed by atoms with Crippen molar-refractivity contribution in [1.29, 1.82) is 0 Å². The van der Waals surface area contributed by atoms with Crippen molar-refractivity contribution >= 4 is 16.8 Å². The molecule has 25 heavy (non-hydrogen) atoms. The average molecular weight is 344 g/mol. The van der Waals surface area contributed by atoms with E-state index >= 15 is 0 Å². The van der Waals surface area contributed by atoms with Crippen LogP contribution < -0.4 is 5.32 Å². The van der Waals surface area contributed by atoms with Crippen LogP contribution in [0.25, 0.3) is 10.9 Å². The first-order valence-electron chi connectivity index (χ1n) is 8.75. The van der Waals surface area contributed by atoms with Gasteiger partial charge in [-0.05, 0) is 37.0 Å². The molecule has 1 aromatic carbocycles. The first-order valence-corrected chi connectivity index (χ1v) is 8.75. The largest absolute Gasteiger partial charge is 0.389 e. The summed E-state index contributed by atoms with van der Waals surface area (Å²) in [5.74, 6) is 0.305. The Morgan fingerprint density at radius 2 is 1.96 bits per heavy atom. The van der Waals surface area contributed by atoms with Crippen LogP contribution in [-0.4, -0.2) is 41.9 Å². The predicted octanol–water partition coefficient (Wildman–Crippen LogP) is 2.54. The Morgan fingerprint density at radius 3 is 2.68 bits per heavy atom. The second kappa shape index (κ2) is 8.92. The topological polar surface area (TPSA) is 71.5 Å². The molecule has 0 saturated heterocycles. The van der Waals surface area contributed by atoms with Gasteiger partial charge in [0.2, 0.25) is 5.91 Å². The van der Waals surface area contributed by atoms with E-state index in [0.717, 1.165) is 27.7 Å². The van der Waals surface area contributed by atoms with Gasteiger partial charge < -0.3 is 15.2 Å². The van der Waals surface area contributed by atoms with E-state index in [4.69, 9.17) is 4.74 Å². The highest BCUT2D eigenvalue weighted by Crippen LogP contribution is 2.22. The normalized spacial score (nSPS) is 12.6. The number of fused-ring (bicyclic) bond motifs is 1. The molecule has 136 valence electrons. The quantitative estimate of drug-likeness (QED) is 0.772. The number of ether oxygens (including phenoxy) is 1. The number of aromatic nitrogens is 1. The number of aliphatic hydroxyl groups is 1. The van der Waals surface area contributed by atoms with Gasteiger partial charge >= 0.3 is 0 Å². The van der Waals surface area contributed by atoms with Gasteiger partial charge in [0.25, 0.3) is 0 Å². The minimum Gasteiger partial charge on any atom is -0.389 e. The van der Waals surface area contributed by atoms with Gasteiger partial charge in [0, 0.05) is 24.2 Å². The van der Waals surface area contributed by atoms with Crippen molar-refractivity contribution in [2.45, 2.75) is 40.2 Å². The van der Waals surface area contributed by atoms with Crippen molar-refractivity contribution in [3.63, 3.8) is 0 Å². The molecule has 2 aromatic rings. The minimum atomic E-state index is -0.695. The van der Waals surface area contributed by atoms with Crippen LogP contribution >= 0.6 is 0 Å². The monoisotopic (exact) mass is 344 g/mol. The van der Waals surface area contributed by atoms with E-state index < -0.39 is 6.10 Å². The van der Waals surface area contributed by atoms with Crippen LogP contribution in [0, 0.1) is 19.8 Å². The molecule has 5 nitrogen and oxygen atoms in total. The summed E-state index contributed by atoms with van der Waals surface area (Å²) < 4.78 is 5.38. The van der Waals surface area contributed by atoms with Gasteiger partial charge in [-0.3, -0.25) is 9.78 Å². The second-order valence-corrected chi connectivity index (χ2v) is 6.88. The number of aryl methyl sites for hydroxylation is 2. The lowest BCUT2D eigenvalue weighted by Crippen LogP contribution is -2.35. The van der Waals surface area contributed by atoms with Gasteiger partial charge in [-0.25, -0.2) is 0 Å². The summed E-state index contributed by atoms with van der Waals surface area (Å²) in [6, 6.07) is 7.94. The fourth-order valence-electron chi connectivity index (χ4n) is 2.78. The number of carbonyl (C=O) groups excluding carboxylic acids is 1. The summed E-state index contributed by atoms with van der Waals surface area (Å²) in [6.45, 7) is 9.08. The summed E-state index contributed by atoms with van der Waals surface area (Å²) >= 11 is 0. The highest BCUT2D eigenvalue weighted by molar-refractivity contribution is 5.86. The molecule has 5 heteroatoms. The molecular weight excluding hydrogens is 316 g/mol. The highest BCUT2D eigenvalue weighted by Gasteiger charge is 2.14. The number of benzene rings is 1. The van der Waals surface area contributed by atoms with Crippen molar-refractivity contribution in [2.24, 2.45) is 5.92 Å². The summed E-state index contributed by atoms with van der Waals surface area (Å²) in [7, 11) is 0. The van der Waals surface area contributed by atoms with Crippen LogP contribution in [0.4, 0.5) is 0 Å². The van der Waals surface area contributed by atoms with Gasteiger partial charge in [-0.2, -0.15) is 0 Å². The Balaban J connectivity index is 1.93. The van der Waals surface area contributed by atoms with Crippen molar-refractivity contribution < 1.29 is 14.6 Å². The standard InChI is InChI=1S/C20H28N2O3/c1-13(2)11-25-12-16(23)10-21-20(24)9-18-14(3)17-7-5-6-8-19(17)22-15(18)4/h5-8,13,16,23H,9-12H2,1-4H3,(H,21,24). The number of aliphatic hydroxyl groups excluding tert-OH is 1. The Bertz CT molecular complexity index is 728. The van der Waals surface area contributed by atoms with Gasteiger partial charge in [-0.15, -0.1) is 0 Å². The molecule has 0 aliphatic carbocycles. The Morgan fingerprint density at radius 1 is 1.24 bits per heavy atom. The molecule has 1 amide bonds. The molecule has 0 radical (unpaired) electrons. The third-order valence-corrected chi connectivity index (χ3v) is 4.12. The number of nitrogens with one attached hydrogen (secondary N) is 1. The summed E-state index contributed by atoms with van der Waals surface area (Å²) in [4.78, 5) is 16.8. The van der Waals surface area contributed by atoms with Crippen LogP contribution in [-0.2, 0) is 16.0 Å². The van der Waals surface area contributed by atoms with Crippen LogP contribution in [0.5, 0.6) is 0 Å². The van der Waals surface area contributed by atoms with Crippen LogP contribution in [0.15, 0.2) is 24.3 Å². The number of amides is 1. The number of carbonyl (C=O) groups is 1. The lowest BCUT2D eigenvalue weighted by molar-refractivity contribution is -0.121. The molecule has 1 heterocycles. The van der Waals surface area contributed by atoms with Gasteiger partial charge in [0.15, 0.2) is 0 Å². The van der Waals surface area contributed by atoms with E-state index in [2.05, 4.69) is 24.1 Å². The lowest BCUT2D eigenvalue weighted by atomic mass is 9.99. The smallest absolute Gasteiger partial charge is 0.224 e. The minimum absolute atomic E-state index is 0.119. The van der Waals surface area contributed by atoms with Crippen molar-refractivity contribution in [3.05, 3.63) is 41.1 Å². The Hall–Kier alpha value is -1.98. The summed E-state index contributed by atoms with van der Waals surface area (Å²) in [5.41, 5.74) is 3.84. The molecule has 1 aromatic heterocycles. The zero-order valence-electron chi connectivity index (χ0n) is 15.5. The number of nitrogens with zero attached hydrogens (tertiary/aromatic N) is 1. The maximum absolute atomic E-state index is 12.2. The molecule has 0 saturated carbocycles. The summed E-state index contributed by atoms with van der Waals surface area (Å²) in [6.07, 6.45) is -0.436. The van der Waals surface area contributed by atoms with Gasteiger partial charge in [-0.1, -0.05) is 32.0 Å². The molecule has 0 fully saturated rings. The Labute approximate surface area is 149 Å². The molecule has 1 unspecified atom stereocenters. The van der Waals surface area contributed by atoms with Gasteiger partial charge in [0.1, 0.15) is 0 Å². The molecule has 2 rings (SSSR count). The van der Waals surface area contributed by atoms with Crippen molar-refractivity contribution in [3.8, 4) is 0 Å². The van der Waals surface area contributed by atoms with E-state index in [0.29, 0.717) is 12.5 Å². The molecule has 2 N–H and O–H groups in total. The molecule has 0 bridgehead atoms. The van der Waals surface area contributed by atoms with Crippen molar-refractivity contribution in [2.75, 3.05) is 19.8 Å². The van der Waals surface area contributed by atoms with Crippen molar-refractivity contribution in [1.82, 2.24) is 10.3 Å². The second-order valence-electron chi connectivity index (χ2n) is 6.88. The molecule has 0 aliphatic heterocycles. The number of para-hydroxylation sites is 1. The Kier molecular flexibility index (Phi) is 6.91. The predicted molar refractivity (Wildman–Crippen MR) is 99.6 cm³/mol. The number of pyridine rings is 1. The number of hydrogen-bond acceptors (Lipinski definition) is 4. The zero-order valence-corrected chi connectivity index (χ0v) is 15.5. The van der Waals surface area contributed by atoms with E-state index in [9.17, 15) is 9.90 Å². The van der Waals surface area contributed by atoms with E-state index in [1.165, 1.54) is 0 Å². The molecule has 1 atom stereocenters. The number of hydrogen-bond donors (Lipinski definition) is 2. The molecule has 0 aliphatic rings. The maximum atomic E-state index is 12.2. The summed E-state index contributed by atoms with van der Waals surface area (Å²) in [5, 5.41) is 13.7. The first-order chi connectivity index (χ1) is 11.9. The third-order valence-electron chi connectivity index (χ3n) is 4.12. The molecular formula is C20H28N2O3. The van der Waals surface area contributed by atoms with Crippen LogP contribution in [0.3, 0.4) is 0 Å². The van der Waals surface area contributed by atoms with E-state index in [1.807, 2.05) is 38.1 Å². The highest BCUT2D eigenvalue weighted by atomic mass is 16.5. The SMILES string of the molecule is Cc1nc2ccccc2c(C)c1CC(=O)NCC(O)COCC(C)C.